The molecule has 0 saturated carbocycles. The van der Waals surface area contributed by atoms with E-state index in [9.17, 15) is 4.79 Å². The lowest BCUT2D eigenvalue weighted by atomic mass is 10.0. The number of aromatic nitrogens is 1. The Bertz CT molecular complexity index is 635. The summed E-state index contributed by atoms with van der Waals surface area (Å²) in [5, 5.41) is 0. The fourth-order valence-electron chi connectivity index (χ4n) is 2.28. The molecule has 4 heteroatoms. The third kappa shape index (κ3) is 2.50. The van der Waals surface area contributed by atoms with E-state index in [0.717, 1.165) is 28.9 Å². The number of benzene rings is 1. The molecule has 4 nitrogen and oxygen atoms in total. The van der Waals surface area contributed by atoms with Crippen molar-refractivity contribution < 1.29 is 14.3 Å². The summed E-state index contributed by atoms with van der Waals surface area (Å²) in [5.41, 5.74) is 2.72. The van der Waals surface area contributed by atoms with Gasteiger partial charge in [-0.2, -0.15) is 0 Å². The summed E-state index contributed by atoms with van der Waals surface area (Å²) < 4.78 is 10.4. The second kappa shape index (κ2) is 5.33. The van der Waals surface area contributed by atoms with Crippen LogP contribution in [0.4, 0.5) is 0 Å². The average Bonchev–Trinajstić information content (AvgIpc) is 2.95. The first-order valence-electron chi connectivity index (χ1n) is 6.54. The molecule has 0 bridgehead atoms. The van der Waals surface area contributed by atoms with Crippen LogP contribution in [0.15, 0.2) is 36.5 Å². The van der Waals surface area contributed by atoms with Crippen molar-refractivity contribution in [3.63, 3.8) is 0 Å². The van der Waals surface area contributed by atoms with Crippen LogP contribution in [0.3, 0.4) is 0 Å². The van der Waals surface area contributed by atoms with E-state index in [-0.39, 0.29) is 5.78 Å². The fraction of sp³-hybridized carbons (Fsp3) is 0.250. The maximum Gasteiger partial charge on any atom is 0.212 e. The third-order valence-electron chi connectivity index (χ3n) is 3.38. The van der Waals surface area contributed by atoms with Gasteiger partial charge in [0, 0.05) is 30.7 Å². The Morgan fingerprint density at radius 2 is 2.25 bits per heavy atom. The van der Waals surface area contributed by atoms with Gasteiger partial charge in [-0.15, -0.1) is 0 Å². The zero-order valence-corrected chi connectivity index (χ0v) is 11.3. The van der Waals surface area contributed by atoms with Gasteiger partial charge in [0.2, 0.25) is 5.88 Å². The first-order chi connectivity index (χ1) is 9.76. The molecule has 3 rings (SSSR count). The van der Waals surface area contributed by atoms with Gasteiger partial charge in [-0.05, 0) is 29.3 Å². The van der Waals surface area contributed by atoms with Crippen molar-refractivity contribution in [1.82, 2.24) is 4.98 Å². The van der Waals surface area contributed by atoms with Crippen molar-refractivity contribution in [3.05, 3.63) is 53.2 Å². The highest BCUT2D eigenvalue weighted by molar-refractivity contribution is 5.97. The normalized spacial score (nSPS) is 12.7. The summed E-state index contributed by atoms with van der Waals surface area (Å²) in [5.74, 6) is 1.54. The van der Waals surface area contributed by atoms with Crippen LogP contribution in [0.25, 0.3) is 0 Å². The van der Waals surface area contributed by atoms with Crippen LogP contribution < -0.4 is 9.47 Å². The number of pyridine rings is 1. The lowest BCUT2D eigenvalue weighted by molar-refractivity contribution is 0.0992. The van der Waals surface area contributed by atoms with E-state index in [4.69, 9.17) is 9.47 Å². The van der Waals surface area contributed by atoms with Crippen molar-refractivity contribution in [3.8, 4) is 11.6 Å². The van der Waals surface area contributed by atoms with Crippen LogP contribution in [0, 0.1) is 0 Å². The molecule has 0 unspecified atom stereocenters. The zero-order valence-electron chi connectivity index (χ0n) is 11.3. The molecule has 20 heavy (non-hydrogen) atoms. The van der Waals surface area contributed by atoms with Crippen LogP contribution >= 0.6 is 0 Å². The predicted octanol–water partition coefficient (Wildman–Crippen LogP) is 2.45. The van der Waals surface area contributed by atoms with E-state index in [2.05, 4.69) is 4.98 Å². The summed E-state index contributed by atoms with van der Waals surface area (Å²) >= 11 is 0. The number of hydrogen-bond acceptors (Lipinski definition) is 4. The van der Waals surface area contributed by atoms with Crippen LogP contribution in [0.2, 0.25) is 0 Å². The maximum absolute atomic E-state index is 12.3. The van der Waals surface area contributed by atoms with Crippen molar-refractivity contribution in [2.24, 2.45) is 0 Å². The smallest absolute Gasteiger partial charge is 0.212 e. The van der Waals surface area contributed by atoms with Crippen LogP contribution in [0.1, 0.15) is 21.5 Å². The molecule has 2 aromatic rings. The number of carbonyl (C=O) groups excluding carboxylic acids is 1. The van der Waals surface area contributed by atoms with E-state index in [0.29, 0.717) is 18.9 Å². The van der Waals surface area contributed by atoms with Gasteiger partial charge in [0.15, 0.2) is 5.78 Å². The molecule has 0 fully saturated rings. The average molecular weight is 269 g/mol. The molecule has 0 spiro atoms. The standard InChI is InChI=1S/C16H15NO3/c1-19-16-5-2-11(10-17-16)8-14(18)12-3-4-15-13(9-12)6-7-20-15/h2-5,9-10H,6-8H2,1H3. The lowest BCUT2D eigenvalue weighted by Gasteiger charge is -2.04. The summed E-state index contributed by atoms with van der Waals surface area (Å²) in [6.45, 7) is 0.704. The Labute approximate surface area is 117 Å². The first-order valence-corrected chi connectivity index (χ1v) is 6.54. The molecule has 0 saturated heterocycles. The van der Waals surface area contributed by atoms with E-state index in [1.165, 1.54) is 0 Å². The molecular weight excluding hydrogens is 254 g/mol. The molecule has 0 amide bonds. The highest BCUT2D eigenvalue weighted by atomic mass is 16.5. The second-order valence-corrected chi connectivity index (χ2v) is 4.73. The Morgan fingerprint density at radius 1 is 1.35 bits per heavy atom. The molecular formula is C16H15NO3. The number of fused-ring (bicyclic) bond motifs is 1. The molecule has 1 aromatic heterocycles. The topological polar surface area (TPSA) is 48.4 Å². The fourth-order valence-corrected chi connectivity index (χ4v) is 2.28. The lowest BCUT2D eigenvalue weighted by Crippen LogP contribution is -2.04. The maximum atomic E-state index is 12.3. The number of methoxy groups -OCH3 is 1. The van der Waals surface area contributed by atoms with Crippen LogP contribution in [0.5, 0.6) is 11.6 Å². The zero-order chi connectivity index (χ0) is 13.9. The first kappa shape index (κ1) is 12.7. The van der Waals surface area contributed by atoms with E-state index < -0.39 is 0 Å². The molecule has 1 aliphatic rings. The summed E-state index contributed by atoms with van der Waals surface area (Å²) in [6, 6.07) is 9.26. The van der Waals surface area contributed by atoms with Gasteiger partial charge in [0.1, 0.15) is 5.75 Å². The van der Waals surface area contributed by atoms with E-state index in [1.807, 2.05) is 24.3 Å². The molecule has 0 aliphatic carbocycles. The molecule has 2 heterocycles. The van der Waals surface area contributed by atoms with Crippen molar-refractivity contribution >= 4 is 5.78 Å². The summed E-state index contributed by atoms with van der Waals surface area (Å²) in [4.78, 5) is 16.4. The summed E-state index contributed by atoms with van der Waals surface area (Å²) in [6.07, 6.45) is 2.89. The number of carbonyl (C=O) groups is 1. The van der Waals surface area contributed by atoms with Gasteiger partial charge in [-0.1, -0.05) is 6.07 Å². The molecule has 0 atom stereocenters. The predicted molar refractivity (Wildman–Crippen MR) is 74.5 cm³/mol. The van der Waals surface area contributed by atoms with Gasteiger partial charge in [-0.3, -0.25) is 4.79 Å². The SMILES string of the molecule is COc1ccc(CC(=O)c2ccc3c(c2)CCO3)cn1. The number of ketones is 1. The Balaban J connectivity index is 1.75. The number of rotatable bonds is 4. The van der Waals surface area contributed by atoms with Gasteiger partial charge in [-0.25, -0.2) is 4.98 Å². The van der Waals surface area contributed by atoms with E-state index in [1.54, 1.807) is 19.4 Å². The monoisotopic (exact) mass is 269 g/mol. The quantitative estimate of drug-likeness (QED) is 0.800. The van der Waals surface area contributed by atoms with Gasteiger partial charge in [0.25, 0.3) is 0 Å². The highest BCUT2D eigenvalue weighted by Crippen LogP contribution is 2.26. The number of ether oxygens (including phenoxy) is 2. The number of Topliss-reactive ketones (excluding diaryl/α,β-unsaturated/α-hetero) is 1. The number of nitrogens with zero attached hydrogens (tertiary/aromatic N) is 1. The Morgan fingerprint density at radius 3 is 3.00 bits per heavy atom. The molecule has 1 aliphatic heterocycles. The third-order valence-corrected chi connectivity index (χ3v) is 3.38. The molecule has 1 aromatic carbocycles. The van der Waals surface area contributed by atoms with Gasteiger partial charge < -0.3 is 9.47 Å². The molecule has 102 valence electrons. The van der Waals surface area contributed by atoms with Crippen LogP contribution in [-0.2, 0) is 12.8 Å². The van der Waals surface area contributed by atoms with Crippen molar-refractivity contribution in [2.75, 3.05) is 13.7 Å². The Hall–Kier alpha value is -2.36. The Kier molecular flexibility index (Phi) is 3.37. The van der Waals surface area contributed by atoms with Gasteiger partial charge in [0.05, 0.1) is 13.7 Å². The van der Waals surface area contributed by atoms with Crippen LogP contribution in [-0.4, -0.2) is 24.5 Å². The largest absolute Gasteiger partial charge is 0.493 e. The van der Waals surface area contributed by atoms with Gasteiger partial charge >= 0.3 is 0 Å². The molecule has 0 N–H and O–H groups in total. The minimum absolute atomic E-state index is 0.0895. The van der Waals surface area contributed by atoms with Crippen molar-refractivity contribution in [1.29, 1.82) is 0 Å². The second-order valence-electron chi connectivity index (χ2n) is 4.73. The molecule has 0 radical (unpaired) electrons. The van der Waals surface area contributed by atoms with E-state index >= 15 is 0 Å². The minimum Gasteiger partial charge on any atom is -0.493 e. The highest BCUT2D eigenvalue weighted by Gasteiger charge is 2.15. The number of hydrogen-bond donors (Lipinski definition) is 0. The van der Waals surface area contributed by atoms with Crippen molar-refractivity contribution in [2.45, 2.75) is 12.8 Å². The summed E-state index contributed by atoms with van der Waals surface area (Å²) in [7, 11) is 1.57. The minimum atomic E-state index is 0.0895.